The molecule has 0 aromatic heterocycles. The molecule has 1 saturated carbocycles. The van der Waals surface area contributed by atoms with Crippen LogP contribution < -0.4 is 16.4 Å². The molecule has 0 saturated heterocycles. The molecule has 4 N–H and O–H groups in total. The number of carbonyl (C=O) groups excluding carboxylic acids is 2. The van der Waals surface area contributed by atoms with E-state index in [1.54, 1.807) is 12.1 Å². The van der Waals surface area contributed by atoms with Crippen molar-refractivity contribution >= 4 is 41.5 Å². The summed E-state index contributed by atoms with van der Waals surface area (Å²) in [5, 5.41) is 5.62. The Kier molecular flexibility index (Phi) is 6.87. The van der Waals surface area contributed by atoms with E-state index >= 15 is 0 Å². The molecule has 2 rings (SSSR count). The van der Waals surface area contributed by atoms with E-state index in [4.69, 9.17) is 22.1 Å². The van der Waals surface area contributed by atoms with Crippen molar-refractivity contribution in [1.29, 1.82) is 0 Å². The third-order valence-corrected chi connectivity index (χ3v) is 5.26. The summed E-state index contributed by atoms with van der Waals surface area (Å²) in [6.45, 7) is 6.35. The molecule has 1 aliphatic rings. The minimum Gasteiger partial charge on any atom is -0.378 e. The zero-order valence-electron chi connectivity index (χ0n) is 14.8. The summed E-state index contributed by atoms with van der Waals surface area (Å²) in [6, 6.07) is 4.75. The maximum Gasteiger partial charge on any atom is 0.252 e. The molecule has 6 nitrogen and oxygen atoms in total. The third kappa shape index (κ3) is 3.77. The van der Waals surface area contributed by atoms with Crippen LogP contribution in [0, 0.1) is 5.41 Å². The Hall–Kier alpha value is -1.34. The van der Waals surface area contributed by atoms with Crippen LogP contribution in [-0.4, -0.2) is 37.1 Å². The summed E-state index contributed by atoms with van der Waals surface area (Å²) in [5.74, 6) is -0.618. The smallest absolute Gasteiger partial charge is 0.252 e. The molecule has 0 bridgehead atoms. The lowest BCUT2D eigenvalue weighted by Crippen LogP contribution is -2.74. The highest BCUT2D eigenvalue weighted by Crippen LogP contribution is 2.50. The lowest BCUT2D eigenvalue weighted by Gasteiger charge is -2.57. The zero-order valence-corrected chi connectivity index (χ0v) is 16.4. The molecule has 0 radical (unpaired) electrons. The van der Waals surface area contributed by atoms with Gasteiger partial charge in [0.1, 0.15) is 5.54 Å². The summed E-state index contributed by atoms with van der Waals surface area (Å²) >= 11 is 6.02. The van der Waals surface area contributed by atoms with Gasteiger partial charge in [-0.1, -0.05) is 25.4 Å². The lowest BCUT2D eigenvalue weighted by molar-refractivity contribution is -0.166. The van der Waals surface area contributed by atoms with Crippen LogP contribution in [0.4, 0.5) is 5.69 Å². The van der Waals surface area contributed by atoms with E-state index in [9.17, 15) is 9.59 Å². The predicted octanol–water partition coefficient (Wildman–Crippen LogP) is 2.59. The van der Waals surface area contributed by atoms with Crippen molar-refractivity contribution in [2.45, 2.75) is 38.8 Å². The number of nitrogens with two attached hydrogens (primary N) is 1. The number of benzene rings is 1. The van der Waals surface area contributed by atoms with Gasteiger partial charge >= 0.3 is 0 Å². The SMILES string of the molecule is CCOC1CC(N)(C(=O)Nc2ccc(Cl)c(C(=O)NC)c2)C1(C)C.Cl. The molecule has 0 spiro atoms. The molecule has 0 heterocycles. The van der Waals surface area contributed by atoms with E-state index in [1.807, 2.05) is 20.8 Å². The van der Waals surface area contributed by atoms with Gasteiger partial charge in [-0.05, 0) is 25.1 Å². The Morgan fingerprint density at radius 1 is 1.40 bits per heavy atom. The monoisotopic (exact) mass is 389 g/mol. The van der Waals surface area contributed by atoms with Crippen molar-refractivity contribution in [3.8, 4) is 0 Å². The van der Waals surface area contributed by atoms with Crippen molar-refractivity contribution in [2.24, 2.45) is 11.1 Å². The summed E-state index contributed by atoms with van der Waals surface area (Å²) < 4.78 is 5.64. The third-order valence-electron chi connectivity index (χ3n) is 4.93. The van der Waals surface area contributed by atoms with Gasteiger partial charge in [-0.3, -0.25) is 9.59 Å². The molecule has 25 heavy (non-hydrogen) atoms. The maximum atomic E-state index is 12.7. The van der Waals surface area contributed by atoms with Gasteiger partial charge in [0, 0.05) is 31.2 Å². The average molecular weight is 390 g/mol. The van der Waals surface area contributed by atoms with E-state index in [2.05, 4.69) is 10.6 Å². The van der Waals surface area contributed by atoms with Crippen LogP contribution in [-0.2, 0) is 9.53 Å². The Balaban J connectivity index is 0.00000312. The fraction of sp³-hybridized carbons (Fsp3) is 0.529. The Morgan fingerprint density at radius 2 is 2.04 bits per heavy atom. The molecule has 0 aliphatic heterocycles. The average Bonchev–Trinajstić information content (AvgIpc) is 2.55. The topological polar surface area (TPSA) is 93.4 Å². The number of ether oxygens (including phenoxy) is 1. The highest BCUT2D eigenvalue weighted by molar-refractivity contribution is 6.34. The molecule has 140 valence electrons. The number of carbonyl (C=O) groups is 2. The highest BCUT2D eigenvalue weighted by Gasteiger charge is 2.62. The number of nitrogens with one attached hydrogen (secondary N) is 2. The van der Waals surface area contributed by atoms with Gasteiger partial charge in [-0.2, -0.15) is 0 Å². The van der Waals surface area contributed by atoms with Crippen LogP contribution in [0.3, 0.4) is 0 Å². The first-order chi connectivity index (χ1) is 11.2. The van der Waals surface area contributed by atoms with Crippen molar-refractivity contribution < 1.29 is 14.3 Å². The van der Waals surface area contributed by atoms with Crippen molar-refractivity contribution in [3.63, 3.8) is 0 Å². The second kappa shape index (κ2) is 7.91. The minimum atomic E-state index is -1.03. The summed E-state index contributed by atoms with van der Waals surface area (Å²) in [7, 11) is 1.52. The molecule has 2 atom stereocenters. The van der Waals surface area contributed by atoms with Gasteiger partial charge in [-0.25, -0.2) is 0 Å². The number of amides is 2. The van der Waals surface area contributed by atoms with Crippen molar-refractivity contribution in [3.05, 3.63) is 28.8 Å². The number of anilines is 1. The molecule has 8 heteroatoms. The van der Waals surface area contributed by atoms with Crippen LogP contribution in [0.5, 0.6) is 0 Å². The summed E-state index contributed by atoms with van der Waals surface area (Å²) in [5.41, 5.74) is 5.61. The number of halogens is 2. The maximum absolute atomic E-state index is 12.7. The van der Waals surface area contributed by atoms with Gasteiger partial charge in [0.15, 0.2) is 0 Å². The van der Waals surface area contributed by atoms with Gasteiger partial charge in [0.2, 0.25) is 5.91 Å². The first-order valence-electron chi connectivity index (χ1n) is 7.91. The molecule has 1 aromatic rings. The first kappa shape index (κ1) is 21.7. The van der Waals surface area contributed by atoms with E-state index < -0.39 is 11.0 Å². The molecular formula is C17H25Cl2N3O3. The predicted molar refractivity (Wildman–Crippen MR) is 101 cm³/mol. The number of rotatable bonds is 5. The van der Waals surface area contributed by atoms with Crippen LogP contribution in [0.15, 0.2) is 18.2 Å². The lowest BCUT2D eigenvalue weighted by atomic mass is 9.54. The van der Waals surface area contributed by atoms with Gasteiger partial charge in [0.05, 0.1) is 16.7 Å². The zero-order chi connectivity index (χ0) is 18.1. The fourth-order valence-corrected chi connectivity index (χ4v) is 3.18. The quantitative estimate of drug-likeness (QED) is 0.721. The Bertz CT molecular complexity index is 667. The van der Waals surface area contributed by atoms with Gasteiger partial charge in [0.25, 0.3) is 5.91 Å². The normalized spacial score (nSPS) is 23.8. The van der Waals surface area contributed by atoms with Crippen LogP contribution in [0.25, 0.3) is 0 Å². The van der Waals surface area contributed by atoms with E-state index in [1.165, 1.54) is 13.1 Å². The number of hydrogen-bond acceptors (Lipinski definition) is 4. The minimum absolute atomic E-state index is 0. The largest absolute Gasteiger partial charge is 0.378 e. The van der Waals surface area contributed by atoms with E-state index in [0.29, 0.717) is 29.3 Å². The second-order valence-electron chi connectivity index (χ2n) is 6.57. The van der Waals surface area contributed by atoms with Gasteiger partial charge < -0.3 is 21.1 Å². The molecule has 1 aromatic carbocycles. The summed E-state index contributed by atoms with van der Waals surface area (Å²) in [4.78, 5) is 24.5. The van der Waals surface area contributed by atoms with Gasteiger partial charge in [-0.15, -0.1) is 12.4 Å². The molecule has 2 unspecified atom stereocenters. The van der Waals surface area contributed by atoms with Crippen molar-refractivity contribution in [2.75, 3.05) is 19.0 Å². The van der Waals surface area contributed by atoms with Crippen molar-refractivity contribution in [1.82, 2.24) is 5.32 Å². The highest BCUT2D eigenvalue weighted by atomic mass is 35.5. The second-order valence-corrected chi connectivity index (χ2v) is 6.98. The Morgan fingerprint density at radius 3 is 2.56 bits per heavy atom. The molecule has 2 amide bonds. The van der Waals surface area contributed by atoms with E-state index in [0.717, 1.165) is 0 Å². The Labute approximate surface area is 159 Å². The summed E-state index contributed by atoms with van der Waals surface area (Å²) in [6.07, 6.45) is 0.403. The first-order valence-corrected chi connectivity index (χ1v) is 8.28. The van der Waals surface area contributed by atoms with Crippen LogP contribution in [0.1, 0.15) is 37.6 Å². The van der Waals surface area contributed by atoms with Crippen LogP contribution in [0.2, 0.25) is 5.02 Å². The van der Waals surface area contributed by atoms with Crippen LogP contribution >= 0.6 is 24.0 Å². The van der Waals surface area contributed by atoms with E-state index in [-0.39, 0.29) is 30.3 Å². The molecular weight excluding hydrogens is 365 g/mol. The molecule has 1 aliphatic carbocycles. The fourth-order valence-electron chi connectivity index (χ4n) is 2.97. The number of hydrogen-bond donors (Lipinski definition) is 3. The molecule has 1 fully saturated rings. The standard InChI is InChI=1S/C17H24ClN3O3.ClH/c1-5-24-13-9-17(19,16(13,2)3)15(23)21-10-6-7-12(18)11(8-10)14(22)20-4;/h6-8,13H,5,9,19H2,1-4H3,(H,20,22)(H,21,23);1H.